The van der Waals surface area contributed by atoms with Crippen LogP contribution in [0.25, 0.3) is 0 Å². The highest BCUT2D eigenvalue weighted by Crippen LogP contribution is 2.23. The molecule has 102 valence electrons. The quantitative estimate of drug-likeness (QED) is 0.920. The fourth-order valence-electron chi connectivity index (χ4n) is 2.15. The SMILES string of the molecule is CNC(Cc1cccc(F)c1F)c1cnn(C)c1C. The molecular formula is C14H17F2N3. The maximum Gasteiger partial charge on any atom is 0.162 e. The maximum atomic E-state index is 13.7. The molecule has 2 aromatic rings. The average Bonchev–Trinajstić information content (AvgIpc) is 2.72. The molecule has 0 aliphatic rings. The number of aromatic nitrogens is 2. The Labute approximate surface area is 111 Å². The van der Waals surface area contributed by atoms with Crippen LogP contribution in [0, 0.1) is 18.6 Å². The summed E-state index contributed by atoms with van der Waals surface area (Å²) < 4.78 is 28.7. The zero-order valence-electron chi connectivity index (χ0n) is 11.2. The maximum absolute atomic E-state index is 13.7. The summed E-state index contributed by atoms with van der Waals surface area (Å²) in [5.74, 6) is -1.58. The molecule has 3 nitrogen and oxygen atoms in total. The lowest BCUT2D eigenvalue weighted by Gasteiger charge is -2.16. The van der Waals surface area contributed by atoms with Crippen molar-refractivity contribution in [3.05, 3.63) is 52.9 Å². The zero-order chi connectivity index (χ0) is 14.0. The molecule has 1 aromatic carbocycles. The van der Waals surface area contributed by atoms with Crippen molar-refractivity contribution in [1.29, 1.82) is 0 Å². The van der Waals surface area contributed by atoms with Crippen LogP contribution in [0.15, 0.2) is 24.4 Å². The number of nitrogens with zero attached hydrogens (tertiary/aromatic N) is 2. The number of likely N-dealkylation sites (N-methyl/N-ethyl adjacent to an activating group) is 1. The van der Waals surface area contributed by atoms with E-state index in [1.807, 2.05) is 14.0 Å². The van der Waals surface area contributed by atoms with Crippen LogP contribution in [0.1, 0.15) is 22.9 Å². The van der Waals surface area contributed by atoms with Gasteiger partial charge >= 0.3 is 0 Å². The molecule has 0 aliphatic carbocycles. The monoisotopic (exact) mass is 265 g/mol. The van der Waals surface area contributed by atoms with E-state index in [4.69, 9.17) is 0 Å². The topological polar surface area (TPSA) is 29.9 Å². The average molecular weight is 265 g/mol. The summed E-state index contributed by atoms with van der Waals surface area (Å²) in [6, 6.07) is 4.16. The summed E-state index contributed by atoms with van der Waals surface area (Å²) in [7, 11) is 3.66. The van der Waals surface area contributed by atoms with E-state index in [0.29, 0.717) is 12.0 Å². The summed E-state index contributed by atoms with van der Waals surface area (Å²) in [4.78, 5) is 0. The highest BCUT2D eigenvalue weighted by Gasteiger charge is 2.18. The van der Waals surface area contributed by atoms with E-state index in [1.54, 1.807) is 24.0 Å². The molecular weight excluding hydrogens is 248 g/mol. The zero-order valence-corrected chi connectivity index (χ0v) is 11.2. The van der Waals surface area contributed by atoms with E-state index in [1.165, 1.54) is 6.07 Å². The van der Waals surface area contributed by atoms with Crippen molar-refractivity contribution in [2.45, 2.75) is 19.4 Å². The first kappa shape index (κ1) is 13.7. The number of benzene rings is 1. The van der Waals surface area contributed by atoms with Gasteiger partial charge in [0, 0.05) is 24.3 Å². The van der Waals surface area contributed by atoms with Gasteiger partial charge in [-0.15, -0.1) is 0 Å². The van der Waals surface area contributed by atoms with E-state index in [2.05, 4.69) is 10.4 Å². The minimum Gasteiger partial charge on any atom is -0.313 e. The molecule has 2 rings (SSSR count). The van der Waals surface area contributed by atoms with Crippen molar-refractivity contribution in [3.8, 4) is 0 Å². The normalized spacial score (nSPS) is 12.7. The molecule has 0 fully saturated rings. The second kappa shape index (κ2) is 5.48. The lowest BCUT2D eigenvalue weighted by atomic mass is 9.99. The predicted octanol–water partition coefficient (Wildman–Crippen LogP) is 2.51. The van der Waals surface area contributed by atoms with Gasteiger partial charge in [-0.25, -0.2) is 8.78 Å². The van der Waals surface area contributed by atoms with Gasteiger partial charge in [0.2, 0.25) is 0 Å². The number of nitrogens with one attached hydrogen (secondary N) is 1. The van der Waals surface area contributed by atoms with E-state index < -0.39 is 11.6 Å². The highest BCUT2D eigenvalue weighted by atomic mass is 19.2. The lowest BCUT2D eigenvalue weighted by molar-refractivity contribution is 0.486. The molecule has 19 heavy (non-hydrogen) atoms. The van der Waals surface area contributed by atoms with Gasteiger partial charge in [0.1, 0.15) is 0 Å². The molecule has 0 aliphatic heterocycles. The third-order valence-electron chi connectivity index (χ3n) is 3.45. The van der Waals surface area contributed by atoms with Crippen LogP contribution in [-0.2, 0) is 13.5 Å². The number of hydrogen-bond acceptors (Lipinski definition) is 2. The van der Waals surface area contributed by atoms with Gasteiger partial charge in [0.05, 0.1) is 6.20 Å². The van der Waals surface area contributed by atoms with Gasteiger partial charge in [-0.3, -0.25) is 4.68 Å². The smallest absolute Gasteiger partial charge is 0.162 e. The Balaban J connectivity index is 2.29. The minimum absolute atomic E-state index is 0.0926. The molecule has 1 unspecified atom stereocenters. The second-order valence-electron chi connectivity index (χ2n) is 4.57. The minimum atomic E-state index is -0.810. The Bertz CT molecular complexity index is 578. The van der Waals surface area contributed by atoms with E-state index in [0.717, 1.165) is 17.3 Å². The second-order valence-corrected chi connectivity index (χ2v) is 4.57. The molecule has 1 N–H and O–H groups in total. The summed E-state index contributed by atoms with van der Waals surface area (Å²) in [5.41, 5.74) is 2.37. The van der Waals surface area contributed by atoms with Crippen LogP contribution >= 0.6 is 0 Å². The predicted molar refractivity (Wildman–Crippen MR) is 69.8 cm³/mol. The summed E-state index contributed by atoms with van der Waals surface area (Å²) in [6.45, 7) is 1.95. The molecule has 5 heteroatoms. The van der Waals surface area contributed by atoms with Crippen LogP contribution in [0.4, 0.5) is 8.78 Å². The molecule has 0 bridgehead atoms. The van der Waals surface area contributed by atoms with Crippen molar-refractivity contribution >= 4 is 0 Å². The number of halogens is 2. The van der Waals surface area contributed by atoms with Crippen LogP contribution in [0.2, 0.25) is 0 Å². The lowest BCUT2D eigenvalue weighted by Crippen LogP contribution is -2.20. The Kier molecular flexibility index (Phi) is 3.95. The molecule has 0 saturated carbocycles. The first-order valence-corrected chi connectivity index (χ1v) is 6.13. The molecule has 1 aromatic heterocycles. The van der Waals surface area contributed by atoms with E-state index >= 15 is 0 Å². The Morgan fingerprint density at radius 1 is 1.37 bits per heavy atom. The van der Waals surface area contributed by atoms with E-state index in [-0.39, 0.29) is 6.04 Å². The summed E-state index contributed by atoms with van der Waals surface area (Å²) in [6.07, 6.45) is 2.14. The fourth-order valence-corrected chi connectivity index (χ4v) is 2.15. The van der Waals surface area contributed by atoms with Crippen LogP contribution in [0.3, 0.4) is 0 Å². The Morgan fingerprint density at radius 2 is 2.11 bits per heavy atom. The molecule has 1 atom stereocenters. The molecule has 1 heterocycles. The third kappa shape index (κ3) is 2.66. The van der Waals surface area contributed by atoms with Gasteiger partial charge in [-0.1, -0.05) is 12.1 Å². The van der Waals surface area contributed by atoms with Gasteiger partial charge < -0.3 is 5.32 Å². The largest absolute Gasteiger partial charge is 0.313 e. The first-order valence-electron chi connectivity index (χ1n) is 6.13. The molecule has 0 spiro atoms. The third-order valence-corrected chi connectivity index (χ3v) is 3.45. The van der Waals surface area contributed by atoms with E-state index in [9.17, 15) is 8.78 Å². The highest BCUT2D eigenvalue weighted by molar-refractivity contribution is 5.26. The van der Waals surface area contributed by atoms with Gasteiger partial charge in [-0.05, 0) is 32.0 Å². The van der Waals surface area contributed by atoms with Crippen molar-refractivity contribution < 1.29 is 8.78 Å². The van der Waals surface area contributed by atoms with Crippen LogP contribution < -0.4 is 5.32 Å². The fraction of sp³-hybridized carbons (Fsp3) is 0.357. The summed E-state index contributed by atoms with van der Waals surface area (Å²) >= 11 is 0. The Morgan fingerprint density at radius 3 is 2.68 bits per heavy atom. The molecule has 0 amide bonds. The van der Waals surface area contributed by atoms with Crippen molar-refractivity contribution in [2.75, 3.05) is 7.05 Å². The van der Waals surface area contributed by atoms with Crippen LogP contribution in [-0.4, -0.2) is 16.8 Å². The number of hydrogen-bond donors (Lipinski definition) is 1. The van der Waals surface area contributed by atoms with Gasteiger partial charge in [0.15, 0.2) is 11.6 Å². The number of aryl methyl sites for hydroxylation is 1. The van der Waals surface area contributed by atoms with Gasteiger partial charge in [-0.2, -0.15) is 5.10 Å². The van der Waals surface area contributed by atoms with Crippen molar-refractivity contribution in [3.63, 3.8) is 0 Å². The molecule has 0 radical (unpaired) electrons. The van der Waals surface area contributed by atoms with Crippen molar-refractivity contribution in [1.82, 2.24) is 15.1 Å². The van der Waals surface area contributed by atoms with Crippen LogP contribution in [0.5, 0.6) is 0 Å². The number of rotatable bonds is 4. The first-order chi connectivity index (χ1) is 9.04. The standard InChI is InChI=1S/C14H17F2N3/c1-9-11(8-18-19(9)3)13(17-2)7-10-5-4-6-12(15)14(10)16/h4-6,8,13,17H,7H2,1-3H3. The molecule has 0 saturated heterocycles. The van der Waals surface area contributed by atoms with Crippen molar-refractivity contribution in [2.24, 2.45) is 7.05 Å². The summed E-state index contributed by atoms with van der Waals surface area (Å²) in [5, 5.41) is 7.30. The Hall–Kier alpha value is -1.75. The van der Waals surface area contributed by atoms with Gasteiger partial charge in [0.25, 0.3) is 0 Å².